The van der Waals surface area contributed by atoms with Crippen LogP contribution in [0.4, 0.5) is 5.82 Å². The summed E-state index contributed by atoms with van der Waals surface area (Å²) < 4.78 is 8.42. The van der Waals surface area contributed by atoms with Crippen LogP contribution in [0.2, 0.25) is 0 Å². The molecular weight excluding hydrogens is 354 g/mol. The maximum absolute atomic E-state index is 13.5. The zero-order valence-electron chi connectivity index (χ0n) is 17.0. The fourth-order valence-electron chi connectivity index (χ4n) is 4.40. The normalized spacial score (nSPS) is 20.0. The fraction of sp³-hybridized carbons (Fsp3) is 0.571. The van der Waals surface area contributed by atoms with Crippen LogP contribution < -0.4 is 9.64 Å². The van der Waals surface area contributed by atoms with Crippen molar-refractivity contribution in [3.8, 4) is 5.75 Å². The van der Waals surface area contributed by atoms with Crippen LogP contribution in [0.1, 0.15) is 68.5 Å². The molecule has 28 heavy (non-hydrogen) atoms. The average Bonchev–Trinajstić information content (AvgIpc) is 3.37. The molecule has 0 saturated heterocycles. The van der Waals surface area contributed by atoms with Gasteiger partial charge >= 0.3 is 0 Å². The molecule has 0 bridgehead atoms. The molecule has 0 radical (unpaired) electrons. The standard InChI is InChI=1S/C21H29N5O2/c1-4-17-18-19(26(23-17)15-9-7-8-10-15)24(5-2)21(25(6-3)20(18)27)28-16-11-13-22-14-12-16/h11-15,21H,4-10H2,1-3H3. The van der Waals surface area contributed by atoms with Crippen LogP contribution in [0.25, 0.3) is 0 Å². The van der Waals surface area contributed by atoms with Gasteiger partial charge in [0.2, 0.25) is 0 Å². The molecule has 4 rings (SSSR count). The van der Waals surface area contributed by atoms with Gasteiger partial charge in [-0.15, -0.1) is 0 Å². The number of fused-ring (bicyclic) bond motifs is 1. The summed E-state index contributed by atoms with van der Waals surface area (Å²) in [6.07, 6.45) is 8.36. The molecule has 1 aliphatic carbocycles. The van der Waals surface area contributed by atoms with Crippen molar-refractivity contribution >= 4 is 11.7 Å². The number of carbonyl (C=O) groups is 1. The Balaban J connectivity index is 1.82. The minimum absolute atomic E-state index is 0.0161. The molecule has 1 amide bonds. The van der Waals surface area contributed by atoms with Crippen LogP contribution in [-0.2, 0) is 6.42 Å². The zero-order valence-corrected chi connectivity index (χ0v) is 17.0. The van der Waals surface area contributed by atoms with Crippen LogP contribution in [-0.4, -0.2) is 45.0 Å². The van der Waals surface area contributed by atoms with Crippen molar-refractivity contribution in [1.82, 2.24) is 19.7 Å². The SMILES string of the molecule is CCc1nn(C2CCCC2)c2c1C(=O)N(CC)C(Oc1ccncc1)N2CC. The van der Waals surface area contributed by atoms with Gasteiger partial charge in [0.1, 0.15) is 17.1 Å². The van der Waals surface area contributed by atoms with E-state index in [0.29, 0.717) is 18.3 Å². The Labute approximate surface area is 166 Å². The van der Waals surface area contributed by atoms with Crippen molar-refractivity contribution in [2.24, 2.45) is 0 Å². The first-order chi connectivity index (χ1) is 13.7. The molecule has 7 nitrogen and oxygen atoms in total. The maximum Gasteiger partial charge on any atom is 0.263 e. The third kappa shape index (κ3) is 3.02. The van der Waals surface area contributed by atoms with Gasteiger partial charge in [0.25, 0.3) is 12.3 Å². The van der Waals surface area contributed by atoms with Crippen LogP contribution in [0.3, 0.4) is 0 Å². The van der Waals surface area contributed by atoms with Crippen LogP contribution in [0, 0.1) is 0 Å². The lowest BCUT2D eigenvalue weighted by Gasteiger charge is -2.43. The van der Waals surface area contributed by atoms with Gasteiger partial charge in [-0.1, -0.05) is 19.8 Å². The van der Waals surface area contributed by atoms with Crippen LogP contribution in [0.15, 0.2) is 24.5 Å². The van der Waals surface area contributed by atoms with E-state index in [1.54, 1.807) is 17.3 Å². The first kappa shape index (κ1) is 18.8. The van der Waals surface area contributed by atoms with Crippen LogP contribution >= 0.6 is 0 Å². The van der Waals surface area contributed by atoms with E-state index in [0.717, 1.165) is 42.9 Å². The molecule has 1 atom stereocenters. The lowest BCUT2D eigenvalue weighted by Crippen LogP contribution is -2.58. The third-order valence-electron chi connectivity index (χ3n) is 5.82. The second-order valence-electron chi connectivity index (χ2n) is 7.39. The lowest BCUT2D eigenvalue weighted by molar-refractivity contribution is 0.0169. The van der Waals surface area contributed by atoms with E-state index in [4.69, 9.17) is 9.84 Å². The van der Waals surface area contributed by atoms with Gasteiger partial charge in [-0.25, -0.2) is 4.68 Å². The van der Waals surface area contributed by atoms with Gasteiger partial charge in [0, 0.05) is 25.5 Å². The number of aryl methyl sites for hydroxylation is 1. The molecule has 0 aromatic carbocycles. The Kier molecular flexibility index (Phi) is 5.24. The molecule has 150 valence electrons. The smallest absolute Gasteiger partial charge is 0.263 e. The summed E-state index contributed by atoms with van der Waals surface area (Å²) in [6.45, 7) is 7.47. The largest absolute Gasteiger partial charge is 0.452 e. The summed E-state index contributed by atoms with van der Waals surface area (Å²) >= 11 is 0. The highest BCUT2D eigenvalue weighted by molar-refractivity contribution is 6.02. The number of pyridine rings is 1. The number of ether oxygens (including phenoxy) is 1. The number of amides is 1. The van der Waals surface area contributed by atoms with Gasteiger partial charge in [-0.05, 0) is 45.2 Å². The summed E-state index contributed by atoms with van der Waals surface area (Å²) in [5.41, 5.74) is 1.65. The van der Waals surface area contributed by atoms with E-state index in [-0.39, 0.29) is 5.91 Å². The lowest BCUT2D eigenvalue weighted by atomic mass is 10.1. The van der Waals surface area contributed by atoms with Crippen molar-refractivity contribution in [2.45, 2.75) is 65.3 Å². The number of carbonyl (C=O) groups excluding carboxylic acids is 1. The molecule has 7 heteroatoms. The maximum atomic E-state index is 13.5. The molecule has 2 aromatic heterocycles. The second kappa shape index (κ2) is 7.81. The Bertz CT molecular complexity index is 829. The molecule has 2 aromatic rings. The van der Waals surface area contributed by atoms with Crippen molar-refractivity contribution in [3.63, 3.8) is 0 Å². The molecule has 0 spiro atoms. The van der Waals surface area contributed by atoms with Gasteiger partial charge in [-0.2, -0.15) is 5.10 Å². The first-order valence-corrected chi connectivity index (χ1v) is 10.4. The van der Waals surface area contributed by atoms with Gasteiger partial charge < -0.3 is 9.64 Å². The topological polar surface area (TPSA) is 63.5 Å². The molecule has 1 saturated carbocycles. The van der Waals surface area contributed by atoms with E-state index in [1.165, 1.54) is 12.8 Å². The Hall–Kier alpha value is -2.57. The summed E-state index contributed by atoms with van der Waals surface area (Å²) in [5.74, 6) is 1.65. The molecule has 1 unspecified atom stereocenters. The van der Waals surface area contributed by atoms with Crippen molar-refractivity contribution in [3.05, 3.63) is 35.8 Å². The number of nitrogens with zero attached hydrogens (tertiary/aromatic N) is 5. The quantitative estimate of drug-likeness (QED) is 0.762. The van der Waals surface area contributed by atoms with Crippen molar-refractivity contribution in [1.29, 1.82) is 0 Å². The summed E-state index contributed by atoms with van der Waals surface area (Å²) in [7, 11) is 0. The summed E-state index contributed by atoms with van der Waals surface area (Å²) in [5, 5.41) is 4.91. The molecule has 1 fully saturated rings. The number of hydrogen-bond acceptors (Lipinski definition) is 5. The predicted molar refractivity (Wildman–Crippen MR) is 107 cm³/mol. The molecular formula is C21H29N5O2. The van der Waals surface area contributed by atoms with Gasteiger partial charge in [-0.3, -0.25) is 14.7 Å². The Morgan fingerprint density at radius 3 is 2.36 bits per heavy atom. The summed E-state index contributed by atoms with van der Waals surface area (Å²) in [4.78, 5) is 21.5. The molecule has 1 aliphatic heterocycles. The fourth-order valence-corrected chi connectivity index (χ4v) is 4.40. The highest BCUT2D eigenvalue weighted by atomic mass is 16.5. The minimum atomic E-state index is -0.487. The molecule has 0 N–H and O–H groups in total. The molecule has 2 aliphatic rings. The highest BCUT2D eigenvalue weighted by Crippen LogP contribution is 2.40. The number of aromatic nitrogens is 3. The minimum Gasteiger partial charge on any atom is -0.452 e. The zero-order chi connectivity index (χ0) is 19.7. The molecule has 3 heterocycles. The van der Waals surface area contributed by atoms with Crippen LogP contribution in [0.5, 0.6) is 5.75 Å². The van der Waals surface area contributed by atoms with E-state index in [1.807, 2.05) is 19.1 Å². The number of hydrogen-bond donors (Lipinski definition) is 0. The van der Waals surface area contributed by atoms with Gasteiger partial charge in [0.05, 0.1) is 11.7 Å². The number of rotatable bonds is 6. The first-order valence-electron chi connectivity index (χ1n) is 10.4. The van der Waals surface area contributed by atoms with Gasteiger partial charge in [0.15, 0.2) is 0 Å². The average molecular weight is 383 g/mol. The van der Waals surface area contributed by atoms with E-state index < -0.39 is 6.35 Å². The highest BCUT2D eigenvalue weighted by Gasteiger charge is 2.43. The van der Waals surface area contributed by atoms with E-state index in [9.17, 15) is 4.79 Å². The third-order valence-corrected chi connectivity index (χ3v) is 5.82. The number of anilines is 1. The van der Waals surface area contributed by atoms with E-state index in [2.05, 4.69) is 28.4 Å². The predicted octanol–water partition coefficient (Wildman–Crippen LogP) is 3.62. The van der Waals surface area contributed by atoms with Crippen molar-refractivity contribution in [2.75, 3.05) is 18.0 Å². The van der Waals surface area contributed by atoms with Crippen molar-refractivity contribution < 1.29 is 9.53 Å². The van der Waals surface area contributed by atoms with E-state index >= 15 is 0 Å². The monoisotopic (exact) mass is 383 g/mol. The Morgan fingerprint density at radius 2 is 1.75 bits per heavy atom. The summed E-state index contributed by atoms with van der Waals surface area (Å²) in [6, 6.07) is 4.02. The second-order valence-corrected chi connectivity index (χ2v) is 7.39. The Morgan fingerprint density at radius 1 is 1.07 bits per heavy atom.